The molecule has 0 fully saturated rings. The molecule has 3 nitrogen and oxygen atoms in total. The predicted octanol–water partition coefficient (Wildman–Crippen LogP) is 4.98. The van der Waals surface area contributed by atoms with Gasteiger partial charge in [0.15, 0.2) is 0 Å². The van der Waals surface area contributed by atoms with Crippen molar-refractivity contribution < 1.29 is 0 Å². The van der Waals surface area contributed by atoms with Crippen molar-refractivity contribution in [3.05, 3.63) is 89.9 Å². The van der Waals surface area contributed by atoms with Crippen molar-refractivity contribution >= 4 is 5.82 Å². The predicted molar refractivity (Wildman–Crippen MR) is 99.1 cm³/mol. The molecule has 0 aliphatic rings. The second kappa shape index (κ2) is 6.83. The van der Waals surface area contributed by atoms with E-state index in [1.54, 1.807) is 0 Å². The first-order chi connectivity index (χ1) is 11.5. The first-order valence-corrected chi connectivity index (χ1v) is 8.23. The molecule has 24 heavy (non-hydrogen) atoms. The monoisotopic (exact) mass is 317 g/mol. The molecule has 0 spiro atoms. The zero-order chi connectivity index (χ0) is 17.0. The van der Waals surface area contributed by atoms with Crippen LogP contribution in [-0.4, -0.2) is 9.97 Å². The van der Waals surface area contributed by atoms with E-state index >= 15 is 0 Å². The maximum Gasteiger partial charge on any atom is 0.145 e. The molecule has 2 aromatic carbocycles. The Labute approximate surface area is 143 Å². The Bertz CT molecular complexity index is 720. The Balaban J connectivity index is 1.90. The van der Waals surface area contributed by atoms with Gasteiger partial charge in [-0.25, -0.2) is 4.98 Å². The van der Waals surface area contributed by atoms with Crippen LogP contribution in [0.1, 0.15) is 43.6 Å². The third kappa shape index (κ3) is 3.80. The summed E-state index contributed by atoms with van der Waals surface area (Å²) in [7, 11) is 0. The van der Waals surface area contributed by atoms with Gasteiger partial charge in [-0.05, 0) is 11.1 Å². The van der Waals surface area contributed by atoms with Crippen LogP contribution in [0, 0.1) is 0 Å². The van der Waals surface area contributed by atoms with E-state index in [4.69, 9.17) is 0 Å². The minimum absolute atomic E-state index is 0.00376. The summed E-state index contributed by atoms with van der Waals surface area (Å²) in [4.78, 5) is 9.13. The van der Waals surface area contributed by atoms with Gasteiger partial charge >= 0.3 is 0 Å². The van der Waals surface area contributed by atoms with E-state index in [-0.39, 0.29) is 11.5 Å². The lowest BCUT2D eigenvalue weighted by atomic mass is 9.93. The molecule has 0 saturated carbocycles. The van der Waals surface area contributed by atoms with Crippen molar-refractivity contribution in [2.75, 3.05) is 5.32 Å². The fourth-order valence-corrected chi connectivity index (χ4v) is 2.59. The number of benzene rings is 2. The quantitative estimate of drug-likeness (QED) is 0.738. The highest BCUT2D eigenvalue weighted by Gasteiger charge is 2.17. The SMILES string of the molecule is CC(C)(C)c1cnc(NC(c2ccccc2)c2ccccc2)cn1. The van der Waals surface area contributed by atoms with E-state index in [0.29, 0.717) is 0 Å². The Morgan fingerprint density at radius 2 is 1.29 bits per heavy atom. The van der Waals surface area contributed by atoms with Crippen LogP contribution in [0.4, 0.5) is 5.82 Å². The molecular formula is C21H23N3. The maximum atomic E-state index is 4.57. The lowest BCUT2D eigenvalue weighted by Gasteiger charge is -2.21. The van der Waals surface area contributed by atoms with Crippen molar-refractivity contribution in [2.24, 2.45) is 0 Å². The van der Waals surface area contributed by atoms with Crippen LogP contribution in [0.25, 0.3) is 0 Å². The van der Waals surface area contributed by atoms with Crippen molar-refractivity contribution in [3.8, 4) is 0 Å². The normalized spacial score (nSPS) is 11.5. The molecule has 3 aromatic rings. The summed E-state index contributed by atoms with van der Waals surface area (Å²) in [6.45, 7) is 6.42. The third-order valence-electron chi connectivity index (χ3n) is 3.98. The van der Waals surface area contributed by atoms with E-state index in [1.807, 2.05) is 24.5 Å². The summed E-state index contributed by atoms with van der Waals surface area (Å²) in [5.41, 5.74) is 3.39. The van der Waals surface area contributed by atoms with Crippen LogP contribution in [-0.2, 0) is 5.41 Å². The summed E-state index contributed by atoms with van der Waals surface area (Å²) >= 11 is 0. The highest BCUT2D eigenvalue weighted by molar-refractivity contribution is 5.43. The Hall–Kier alpha value is -2.68. The first kappa shape index (κ1) is 16.2. The van der Waals surface area contributed by atoms with E-state index in [9.17, 15) is 0 Å². The van der Waals surface area contributed by atoms with Crippen molar-refractivity contribution in [2.45, 2.75) is 32.2 Å². The van der Waals surface area contributed by atoms with Gasteiger partial charge in [0.25, 0.3) is 0 Å². The minimum atomic E-state index is 0.00376. The molecule has 0 aliphatic carbocycles. The summed E-state index contributed by atoms with van der Waals surface area (Å²) in [6, 6.07) is 20.8. The average Bonchev–Trinajstić information content (AvgIpc) is 2.61. The van der Waals surface area contributed by atoms with Gasteiger partial charge in [0.2, 0.25) is 0 Å². The van der Waals surface area contributed by atoms with Crippen LogP contribution >= 0.6 is 0 Å². The summed E-state index contributed by atoms with van der Waals surface area (Å²) in [5, 5.41) is 3.52. The lowest BCUT2D eigenvalue weighted by Crippen LogP contribution is -2.16. The molecule has 0 atom stereocenters. The van der Waals surface area contributed by atoms with Gasteiger partial charge < -0.3 is 5.32 Å². The number of rotatable bonds is 4. The van der Waals surface area contributed by atoms with Gasteiger partial charge in [0.1, 0.15) is 5.82 Å². The zero-order valence-corrected chi connectivity index (χ0v) is 14.4. The lowest BCUT2D eigenvalue weighted by molar-refractivity contribution is 0.565. The van der Waals surface area contributed by atoms with Gasteiger partial charge in [-0.2, -0.15) is 0 Å². The van der Waals surface area contributed by atoms with Crippen LogP contribution in [0.2, 0.25) is 0 Å². The number of nitrogens with one attached hydrogen (secondary N) is 1. The van der Waals surface area contributed by atoms with Crippen LogP contribution in [0.5, 0.6) is 0 Å². The molecule has 1 N–H and O–H groups in total. The number of anilines is 1. The summed E-state index contributed by atoms with van der Waals surface area (Å²) < 4.78 is 0. The molecule has 122 valence electrons. The molecule has 3 heteroatoms. The van der Waals surface area contributed by atoms with E-state index in [2.05, 4.69) is 84.6 Å². The number of nitrogens with zero attached hydrogens (tertiary/aromatic N) is 2. The van der Waals surface area contributed by atoms with Gasteiger partial charge in [0.05, 0.1) is 24.1 Å². The highest BCUT2D eigenvalue weighted by atomic mass is 15.0. The minimum Gasteiger partial charge on any atom is -0.358 e. The fraction of sp³-hybridized carbons (Fsp3) is 0.238. The summed E-state index contributed by atoms with van der Waals surface area (Å²) in [5.74, 6) is 0.778. The van der Waals surface area contributed by atoms with Crippen molar-refractivity contribution in [1.82, 2.24) is 9.97 Å². The van der Waals surface area contributed by atoms with E-state index in [0.717, 1.165) is 11.5 Å². The molecule has 0 radical (unpaired) electrons. The molecule has 1 heterocycles. The molecule has 3 rings (SSSR count). The smallest absolute Gasteiger partial charge is 0.145 e. The van der Waals surface area contributed by atoms with Gasteiger partial charge in [-0.15, -0.1) is 0 Å². The van der Waals surface area contributed by atoms with Crippen LogP contribution < -0.4 is 5.32 Å². The average molecular weight is 317 g/mol. The second-order valence-electron chi connectivity index (χ2n) is 6.94. The molecule has 0 unspecified atom stereocenters. The zero-order valence-electron chi connectivity index (χ0n) is 14.4. The Morgan fingerprint density at radius 3 is 1.71 bits per heavy atom. The topological polar surface area (TPSA) is 37.8 Å². The van der Waals surface area contributed by atoms with Gasteiger partial charge in [0, 0.05) is 5.41 Å². The van der Waals surface area contributed by atoms with E-state index in [1.165, 1.54) is 11.1 Å². The standard InChI is InChI=1S/C21H23N3/c1-21(2,3)18-14-23-19(15-22-18)24-20(16-10-6-4-7-11-16)17-12-8-5-9-13-17/h4-15,20H,1-3H3,(H,23,24). The molecule has 1 aromatic heterocycles. The largest absolute Gasteiger partial charge is 0.358 e. The van der Waals surface area contributed by atoms with Crippen LogP contribution in [0.3, 0.4) is 0 Å². The number of hydrogen-bond acceptors (Lipinski definition) is 3. The molecule has 0 aliphatic heterocycles. The third-order valence-corrected chi connectivity index (χ3v) is 3.98. The van der Waals surface area contributed by atoms with Crippen molar-refractivity contribution in [3.63, 3.8) is 0 Å². The summed E-state index contributed by atoms with van der Waals surface area (Å²) in [6.07, 6.45) is 3.68. The molecule has 0 amide bonds. The van der Waals surface area contributed by atoms with Crippen molar-refractivity contribution in [1.29, 1.82) is 0 Å². The second-order valence-corrected chi connectivity index (χ2v) is 6.94. The number of aromatic nitrogens is 2. The first-order valence-electron chi connectivity index (χ1n) is 8.23. The van der Waals surface area contributed by atoms with Gasteiger partial charge in [-0.1, -0.05) is 81.4 Å². The fourth-order valence-electron chi connectivity index (χ4n) is 2.59. The van der Waals surface area contributed by atoms with Gasteiger partial charge in [-0.3, -0.25) is 4.98 Å². The molecule has 0 saturated heterocycles. The molecular weight excluding hydrogens is 294 g/mol. The van der Waals surface area contributed by atoms with E-state index < -0.39 is 0 Å². The Morgan fingerprint density at radius 1 is 0.750 bits per heavy atom. The molecule has 0 bridgehead atoms. The maximum absolute atomic E-state index is 4.57. The highest BCUT2D eigenvalue weighted by Crippen LogP contribution is 2.26. The number of hydrogen-bond donors (Lipinski definition) is 1. The Kier molecular flexibility index (Phi) is 4.61. The van der Waals surface area contributed by atoms with Crippen LogP contribution in [0.15, 0.2) is 73.1 Å².